The van der Waals surface area contributed by atoms with E-state index >= 15 is 0 Å². The standard InChI is InChI=1S/C36H49N5O7/c1-5-47-33(44)20-39-35(45)26(18-27(43)19-38-24(4)42)8-6-7-17-37-36(46)48-21-32-29-14-13-28-23(3)40-41-34(31(28)16-15-30(29)32)25-11-9-22(2)10-12-25/h9-12,26,29-30,32H,5-8,13-21H2,1-4H3,(H,37,46)(H,38,42)(H,39,45)/t26-,29?,30?,32+/m1/s1. The lowest BCUT2D eigenvalue weighted by Crippen LogP contribution is -2.37. The highest BCUT2D eigenvalue weighted by Gasteiger charge is 2.50. The third-order valence-corrected chi connectivity index (χ3v) is 9.42. The maximum absolute atomic E-state index is 12.7. The number of aryl methyl sites for hydroxylation is 2. The number of aromatic nitrogens is 2. The predicted octanol–water partition coefficient (Wildman–Crippen LogP) is 3.79. The summed E-state index contributed by atoms with van der Waals surface area (Å²) in [6.45, 7) is 7.60. The molecule has 12 heteroatoms. The van der Waals surface area contributed by atoms with Crippen LogP contribution in [-0.4, -0.2) is 72.7 Å². The molecule has 0 bridgehead atoms. The average molecular weight is 664 g/mol. The molecule has 1 fully saturated rings. The van der Waals surface area contributed by atoms with Crippen LogP contribution in [0.4, 0.5) is 4.79 Å². The van der Waals surface area contributed by atoms with Crippen molar-refractivity contribution in [2.24, 2.45) is 23.7 Å². The van der Waals surface area contributed by atoms with Gasteiger partial charge in [-0.05, 0) is 88.2 Å². The fourth-order valence-electron chi connectivity index (χ4n) is 6.74. The zero-order valence-corrected chi connectivity index (χ0v) is 28.6. The quantitative estimate of drug-likeness (QED) is 0.179. The Bertz CT molecular complexity index is 1460. The van der Waals surface area contributed by atoms with Crippen molar-refractivity contribution in [1.29, 1.82) is 0 Å². The highest BCUT2D eigenvalue weighted by molar-refractivity contribution is 5.90. The molecule has 1 aromatic heterocycles. The van der Waals surface area contributed by atoms with E-state index < -0.39 is 23.9 Å². The molecule has 1 saturated carbocycles. The number of rotatable bonds is 16. The third kappa shape index (κ3) is 10.6. The topological polar surface area (TPSA) is 166 Å². The first-order chi connectivity index (χ1) is 23.1. The number of ketones is 1. The van der Waals surface area contributed by atoms with Gasteiger partial charge < -0.3 is 25.4 Å². The molecule has 0 saturated heterocycles. The van der Waals surface area contributed by atoms with E-state index in [0.717, 1.165) is 42.6 Å². The Morgan fingerprint density at radius 3 is 2.27 bits per heavy atom. The van der Waals surface area contributed by atoms with Crippen molar-refractivity contribution in [2.45, 2.75) is 79.1 Å². The molecular weight excluding hydrogens is 614 g/mol. The van der Waals surface area contributed by atoms with Crippen molar-refractivity contribution >= 4 is 29.7 Å². The van der Waals surface area contributed by atoms with Crippen molar-refractivity contribution < 1.29 is 33.4 Å². The second-order valence-corrected chi connectivity index (χ2v) is 12.9. The zero-order chi connectivity index (χ0) is 34.6. The molecule has 4 rings (SSSR count). The summed E-state index contributed by atoms with van der Waals surface area (Å²) < 4.78 is 10.5. The summed E-state index contributed by atoms with van der Waals surface area (Å²) in [4.78, 5) is 60.4. The van der Waals surface area contributed by atoms with E-state index in [4.69, 9.17) is 9.47 Å². The van der Waals surface area contributed by atoms with Gasteiger partial charge in [0.15, 0.2) is 5.78 Å². The van der Waals surface area contributed by atoms with Crippen LogP contribution >= 0.6 is 0 Å². The molecule has 2 aromatic rings. The molecule has 2 aliphatic rings. The molecule has 48 heavy (non-hydrogen) atoms. The largest absolute Gasteiger partial charge is 0.465 e. The minimum atomic E-state index is -0.673. The maximum Gasteiger partial charge on any atom is 0.407 e. The van der Waals surface area contributed by atoms with Gasteiger partial charge in [-0.3, -0.25) is 19.2 Å². The summed E-state index contributed by atoms with van der Waals surface area (Å²) >= 11 is 0. The Labute approximate surface area is 282 Å². The van der Waals surface area contributed by atoms with Crippen LogP contribution in [0.5, 0.6) is 0 Å². The first kappa shape index (κ1) is 36.5. The summed E-state index contributed by atoms with van der Waals surface area (Å²) in [5, 5.41) is 16.9. The molecule has 3 N–H and O–H groups in total. The van der Waals surface area contributed by atoms with Crippen LogP contribution in [0.3, 0.4) is 0 Å². The molecule has 1 heterocycles. The Kier molecular flexibility index (Phi) is 13.5. The van der Waals surface area contributed by atoms with Gasteiger partial charge in [-0.1, -0.05) is 36.2 Å². The number of fused-ring (bicyclic) bond motifs is 2. The van der Waals surface area contributed by atoms with Crippen molar-refractivity contribution in [1.82, 2.24) is 26.1 Å². The molecule has 2 unspecified atom stereocenters. The number of nitrogens with one attached hydrogen (secondary N) is 3. The lowest BCUT2D eigenvalue weighted by Gasteiger charge is -2.18. The second kappa shape index (κ2) is 17.7. The number of esters is 1. The van der Waals surface area contributed by atoms with Crippen LogP contribution in [0, 0.1) is 37.5 Å². The van der Waals surface area contributed by atoms with Crippen molar-refractivity contribution in [3.8, 4) is 11.3 Å². The summed E-state index contributed by atoms with van der Waals surface area (Å²) in [5.41, 5.74) is 6.87. The molecule has 1 aromatic carbocycles. The smallest absolute Gasteiger partial charge is 0.407 e. The number of Topliss-reactive ketones (excluding diaryl/α,β-unsaturated/α-hetero) is 1. The number of nitrogens with zero attached hydrogens (tertiary/aromatic N) is 2. The molecule has 0 radical (unpaired) electrons. The van der Waals surface area contributed by atoms with Crippen LogP contribution < -0.4 is 16.0 Å². The lowest BCUT2D eigenvalue weighted by atomic mass is 9.90. The highest BCUT2D eigenvalue weighted by Crippen LogP contribution is 2.53. The number of alkyl carbamates (subject to hydrolysis) is 1. The molecule has 0 spiro atoms. The third-order valence-electron chi connectivity index (χ3n) is 9.42. The van der Waals surface area contributed by atoms with Gasteiger partial charge in [-0.25, -0.2) is 4.79 Å². The molecule has 4 atom stereocenters. The monoisotopic (exact) mass is 663 g/mol. The molecule has 2 aliphatic carbocycles. The number of amides is 3. The Hall–Kier alpha value is -4.35. The number of hydrogen-bond acceptors (Lipinski definition) is 9. The minimum absolute atomic E-state index is 0.0704. The number of benzene rings is 1. The van der Waals surface area contributed by atoms with Crippen LogP contribution in [0.25, 0.3) is 11.3 Å². The molecule has 3 amide bonds. The number of hydrogen-bond donors (Lipinski definition) is 3. The number of carbonyl (C=O) groups is 5. The van der Waals surface area contributed by atoms with E-state index in [0.29, 0.717) is 50.2 Å². The first-order valence-corrected chi connectivity index (χ1v) is 17.1. The van der Waals surface area contributed by atoms with Gasteiger partial charge >= 0.3 is 12.1 Å². The van der Waals surface area contributed by atoms with E-state index in [9.17, 15) is 24.0 Å². The van der Waals surface area contributed by atoms with Gasteiger partial charge in [0.1, 0.15) is 6.54 Å². The average Bonchev–Trinajstić information content (AvgIpc) is 3.71. The fraction of sp³-hybridized carbons (Fsp3) is 0.583. The number of carbonyl (C=O) groups excluding carboxylic acids is 5. The predicted molar refractivity (Wildman–Crippen MR) is 179 cm³/mol. The summed E-state index contributed by atoms with van der Waals surface area (Å²) in [5.74, 6) is -0.885. The normalized spacial score (nSPS) is 18.5. The van der Waals surface area contributed by atoms with E-state index in [2.05, 4.69) is 57.3 Å². The van der Waals surface area contributed by atoms with Gasteiger partial charge in [0, 0.05) is 31.4 Å². The van der Waals surface area contributed by atoms with Crippen LogP contribution in [0.15, 0.2) is 24.3 Å². The van der Waals surface area contributed by atoms with Crippen molar-refractivity contribution in [3.05, 3.63) is 46.6 Å². The first-order valence-electron chi connectivity index (χ1n) is 17.1. The zero-order valence-electron chi connectivity index (χ0n) is 28.6. The summed E-state index contributed by atoms with van der Waals surface area (Å²) in [6.07, 6.45) is 4.92. The SMILES string of the molecule is CCOC(=O)CNC(=O)[C@H](CCCCNC(=O)OC[C@H]1C2CCc3c(C)nnc(-c4ccc(C)cc4)c3CCC21)CC(=O)CNC(C)=O. The van der Waals surface area contributed by atoms with Gasteiger partial charge in [-0.2, -0.15) is 5.10 Å². The number of unbranched alkanes of at least 4 members (excludes halogenated alkanes) is 1. The fourth-order valence-corrected chi connectivity index (χ4v) is 6.74. The number of ether oxygens (including phenoxy) is 2. The molecule has 260 valence electrons. The van der Waals surface area contributed by atoms with Gasteiger partial charge in [0.2, 0.25) is 11.8 Å². The summed E-state index contributed by atoms with van der Waals surface area (Å²) in [7, 11) is 0. The Morgan fingerprint density at radius 1 is 0.875 bits per heavy atom. The van der Waals surface area contributed by atoms with Gasteiger partial charge in [0.05, 0.1) is 31.1 Å². The second-order valence-electron chi connectivity index (χ2n) is 12.9. The molecule has 0 aliphatic heterocycles. The Balaban J connectivity index is 1.19. The Morgan fingerprint density at radius 2 is 1.58 bits per heavy atom. The van der Waals surface area contributed by atoms with Crippen molar-refractivity contribution in [2.75, 3.05) is 32.8 Å². The minimum Gasteiger partial charge on any atom is -0.465 e. The van der Waals surface area contributed by atoms with Gasteiger partial charge in [-0.15, -0.1) is 5.10 Å². The van der Waals surface area contributed by atoms with Crippen LogP contribution in [0.1, 0.15) is 74.8 Å². The highest BCUT2D eigenvalue weighted by atomic mass is 16.5. The van der Waals surface area contributed by atoms with Crippen LogP contribution in [0.2, 0.25) is 0 Å². The maximum atomic E-state index is 12.7. The van der Waals surface area contributed by atoms with Gasteiger partial charge in [0.25, 0.3) is 0 Å². The lowest BCUT2D eigenvalue weighted by molar-refractivity contribution is -0.144. The van der Waals surface area contributed by atoms with E-state index in [1.807, 2.05) is 6.92 Å². The molecular formula is C36H49N5O7. The van der Waals surface area contributed by atoms with E-state index in [1.165, 1.54) is 23.6 Å². The van der Waals surface area contributed by atoms with Crippen LogP contribution in [-0.2, 0) is 41.5 Å². The van der Waals surface area contributed by atoms with E-state index in [1.54, 1.807) is 6.92 Å². The summed E-state index contributed by atoms with van der Waals surface area (Å²) in [6, 6.07) is 8.44. The van der Waals surface area contributed by atoms with Crippen molar-refractivity contribution in [3.63, 3.8) is 0 Å². The molecule has 12 nitrogen and oxygen atoms in total. The van der Waals surface area contributed by atoms with E-state index in [-0.39, 0.29) is 37.8 Å².